The molecule has 166 valence electrons. The third-order valence-electron chi connectivity index (χ3n) is 6.13. The van der Waals surface area contributed by atoms with E-state index in [0.29, 0.717) is 30.7 Å². The summed E-state index contributed by atoms with van der Waals surface area (Å²) in [6, 6.07) is 6.22. The van der Waals surface area contributed by atoms with Crippen LogP contribution in [0.3, 0.4) is 0 Å². The molecule has 0 saturated carbocycles. The maximum atomic E-state index is 9.45. The third-order valence-corrected chi connectivity index (χ3v) is 6.13. The van der Waals surface area contributed by atoms with Crippen LogP contribution in [0.1, 0.15) is 41.3 Å². The van der Waals surface area contributed by atoms with Crippen molar-refractivity contribution in [3.05, 3.63) is 40.7 Å². The summed E-state index contributed by atoms with van der Waals surface area (Å²) in [6.07, 6.45) is 3.45. The summed E-state index contributed by atoms with van der Waals surface area (Å²) in [4.78, 5) is 11.3. The molecular formula is C23H32N6O2. The van der Waals surface area contributed by atoms with Crippen molar-refractivity contribution in [1.82, 2.24) is 15.3 Å². The van der Waals surface area contributed by atoms with Gasteiger partial charge >= 0.3 is 0 Å². The van der Waals surface area contributed by atoms with E-state index < -0.39 is 0 Å². The van der Waals surface area contributed by atoms with Gasteiger partial charge in [-0.2, -0.15) is 0 Å². The van der Waals surface area contributed by atoms with Gasteiger partial charge < -0.3 is 30.8 Å². The van der Waals surface area contributed by atoms with Gasteiger partial charge in [-0.05, 0) is 69.0 Å². The second-order valence-electron chi connectivity index (χ2n) is 8.37. The summed E-state index contributed by atoms with van der Waals surface area (Å²) in [6.45, 7) is 7.99. The van der Waals surface area contributed by atoms with Gasteiger partial charge in [-0.15, -0.1) is 0 Å². The second kappa shape index (κ2) is 9.72. The zero-order chi connectivity index (χ0) is 21.8. The molecule has 1 atom stereocenters. The third kappa shape index (κ3) is 5.03. The van der Waals surface area contributed by atoms with Crippen molar-refractivity contribution >= 4 is 23.5 Å². The second-order valence-corrected chi connectivity index (χ2v) is 8.37. The quantitative estimate of drug-likeness (QED) is 0.528. The molecule has 0 bridgehead atoms. The molecule has 31 heavy (non-hydrogen) atoms. The summed E-state index contributed by atoms with van der Waals surface area (Å²) in [5, 5.41) is 24.2. The van der Waals surface area contributed by atoms with Gasteiger partial charge in [-0.3, -0.25) is 0 Å². The van der Waals surface area contributed by atoms with Crippen LogP contribution in [0.4, 0.5) is 17.3 Å². The average molecular weight is 425 g/mol. The van der Waals surface area contributed by atoms with E-state index in [-0.39, 0.29) is 12.7 Å². The van der Waals surface area contributed by atoms with Crippen molar-refractivity contribution in [1.29, 1.82) is 5.41 Å². The van der Waals surface area contributed by atoms with Gasteiger partial charge in [0, 0.05) is 36.6 Å². The first-order chi connectivity index (χ1) is 15.1. The Morgan fingerprint density at radius 2 is 2.06 bits per heavy atom. The summed E-state index contributed by atoms with van der Waals surface area (Å²) < 4.78 is 5.57. The van der Waals surface area contributed by atoms with Crippen molar-refractivity contribution in [2.45, 2.75) is 38.7 Å². The Balaban J connectivity index is 1.62. The molecule has 0 radical (unpaired) electrons. The number of anilines is 3. The highest BCUT2D eigenvalue weighted by Crippen LogP contribution is 2.33. The van der Waals surface area contributed by atoms with Crippen molar-refractivity contribution in [3.63, 3.8) is 0 Å². The molecule has 8 heteroatoms. The van der Waals surface area contributed by atoms with E-state index in [9.17, 15) is 5.11 Å². The highest BCUT2D eigenvalue weighted by Gasteiger charge is 2.22. The van der Waals surface area contributed by atoms with Gasteiger partial charge in [0.1, 0.15) is 17.5 Å². The van der Waals surface area contributed by atoms with Gasteiger partial charge in [0.05, 0.1) is 19.3 Å². The average Bonchev–Trinajstić information content (AvgIpc) is 2.80. The molecule has 8 nitrogen and oxygen atoms in total. The molecule has 1 aromatic heterocycles. The van der Waals surface area contributed by atoms with Crippen LogP contribution in [0.5, 0.6) is 0 Å². The fourth-order valence-electron chi connectivity index (χ4n) is 4.50. The Morgan fingerprint density at radius 3 is 2.81 bits per heavy atom. The molecule has 0 unspecified atom stereocenters. The fraction of sp³-hybridized carbons (Fsp3) is 0.522. The summed E-state index contributed by atoms with van der Waals surface area (Å²) in [7, 11) is 0. The number of ether oxygens (including phenoxy) is 1. The largest absolute Gasteiger partial charge is 0.394 e. The maximum Gasteiger partial charge on any atom is 0.136 e. The van der Waals surface area contributed by atoms with Gasteiger partial charge in [0.2, 0.25) is 0 Å². The van der Waals surface area contributed by atoms with E-state index >= 15 is 0 Å². The molecule has 0 amide bonds. The zero-order valence-corrected chi connectivity index (χ0v) is 18.3. The van der Waals surface area contributed by atoms with Gasteiger partial charge in [0.25, 0.3) is 0 Å². The molecule has 2 fully saturated rings. The molecule has 0 aliphatic carbocycles. The van der Waals surface area contributed by atoms with Crippen LogP contribution in [-0.2, 0) is 4.74 Å². The number of aliphatic hydroxyl groups is 1. The Kier molecular flexibility index (Phi) is 6.80. The lowest BCUT2D eigenvalue weighted by molar-refractivity contribution is 0.00335. The number of hydrogen-bond acceptors (Lipinski definition) is 8. The number of aryl methyl sites for hydroxylation is 2. The molecule has 0 spiro atoms. The van der Waals surface area contributed by atoms with E-state index in [4.69, 9.17) is 10.1 Å². The van der Waals surface area contributed by atoms with Gasteiger partial charge in [0.15, 0.2) is 0 Å². The van der Waals surface area contributed by atoms with E-state index in [1.165, 1.54) is 17.3 Å². The highest BCUT2D eigenvalue weighted by molar-refractivity contribution is 5.88. The lowest BCUT2D eigenvalue weighted by atomic mass is 9.86. The lowest BCUT2D eigenvalue weighted by Gasteiger charge is -2.33. The number of nitrogens with zero attached hydrogens (tertiary/aromatic N) is 3. The minimum absolute atomic E-state index is 0.00278. The molecule has 4 rings (SSSR count). The molecular weight excluding hydrogens is 392 g/mol. The summed E-state index contributed by atoms with van der Waals surface area (Å²) >= 11 is 0. The molecule has 3 heterocycles. The Bertz CT molecular complexity index is 929. The Hall–Kier alpha value is -2.55. The molecule has 2 saturated heterocycles. The lowest BCUT2D eigenvalue weighted by Crippen LogP contribution is -2.44. The molecule has 1 aromatic carbocycles. The number of benzene rings is 1. The minimum atomic E-state index is -0.199. The normalized spacial score (nSPS) is 20.0. The number of morpholine rings is 1. The summed E-state index contributed by atoms with van der Waals surface area (Å²) in [5.74, 6) is 2.73. The number of aromatic nitrogens is 2. The number of rotatable bonds is 6. The van der Waals surface area contributed by atoms with Crippen LogP contribution < -0.4 is 15.5 Å². The first-order valence-corrected chi connectivity index (χ1v) is 11.0. The highest BCUT2D eigenvalue weighted by atomic mass is 16.5. The predicted octanol–water partition coefficient (Wildman–Crippen LogP) is 2.50. The van der Waals surface area contributed by atoms with E-state index in [1.54, 1.807) is 0 Å². The predicted molar refractivity (Wildman–Crippen MR) is 123 cm³/mol. The Morgan fingerprint density at radius 1 is 1.26 bits per heavy atom. The van der Waals surface area contributed by atoms with E-state index in [0.717, 1.165) is 49.5 Å². The van der Waals surface area contributed by atoms with Crippen LogP contribution in [0, 0.1) is 19.3 Å². The number of hydrogen-bond donors (Lipinski definition) is 4. The molecule has 4 N–H and O–H groups in total. The number of aliphatic hydroxyl groups excluding tert-OH is 1. The van der Waals surface area contributed by atoms with Crippen molar-refractivity contribution in [3.8, 4) is 0 Å². The Labute approximate surface area is 183 Å². The van der Waals surface area contributed by atoms with Crippen molar-refractivity contribution < 1.29 is 9.84 Å². The monoisotopic (exact) mass is 424 g/mol. The number of nitrogens with one attached hydrogen (secondary N) is 3. The van der Waals surface area contributed by atoms with Crippen LogP contribution in [0.15, 0.2) is 18.2 Å². The molecule has 2 aromatic rings. The molecule has 2 aliphatic heterocycles. The standard InChI is InChI=1S/C23H32N6O2/c1-15-9-18(12-24)21(10-20(15)17-3-5-25-6-4-17)28-22-11-23(27-16(2)26-22)29-7-8-31-19(13-29)14-30/h9-12,17,19,24-25,30H,3-8,13-14H2,1-2H3,(H,26,27,28)/t19-/m1/s1. The molecule has 2 aliphatic rings. The van der Waals surface area contributed by atoms with Crippen LogP contribution in [0.2, 0.25) is 0 Å². The minimum Gasteiger partial charge on any atom is -0.394 e. The smallest absolute Gasteiger partial charge is 0.136 e. The van der Waals surface area contributed by atoms with E-state index in [1.807, 2.05) is 13.0 Å². The van der Waals surface area contributed by atoms with Crippen LogP contribution in [0.25, 0.3) is 0 Å². The first-order valence-electron chi connectivity index (χ1n) is 11.0. The topological polar surface area (TPSA) is 106 Å². The van der Waals surface area contributed by atoms with Crippen molar-refractivity contribution in [2.75, 3.05) is 49.6 Å². The van der Waals surface area contributed by atoms with Gasteiger partial charge in [-0.25, -0.2) is 9.97 Å². The maximum absolute atomic E-state index is 9.45. The van der Waals surface area contributed by atoms with Gasteiger partial charge in [-0.1, -0.05) is 0 Å². The van der Waals surface area contributed by atoms with Crippen molar-refractivity contribution in [2.24, 2.45) is 0 Å². The first kappa shape index (κ1) is 21.7. The summed E-state index contributed by atoms with van der Waals surface area (Å²) in [5.41, 5.74) is 4.33. The fourth-order valence-corrected chi connectivity index (χ4v) is 4.50. The van der Waals surface area contributed by atoms with E-state index in [2.05, 4.69) is 44.6 Å². The van der Waals surface area contributed by atoms with Crippen LogP contribution in [-0.4, -0.2) is 66.8 Å². The zero-order valence-electron chi connectivity index (χ0n) is 18.3. The van der Waals surface area contributed by atoms with Crippen LogP contribution >= 0.6 is 0 Å². The SMILES string of the molecule is Cc1nc(Nc2cc(C3CCNCC3)c(C)cc2C=N)cc(N2CCO[C@@H](CO)C2)n1. The number of piperidine rings is 1.